The molecule has 0 radical (unpaired) electrons. The van der Waals surface area contributed by atoms with Crippen LogP contribution in [0, 0.1) is 0 Å². The zero-order valence-electron chi connectivity index (χ0n) is 11.9. The lowest BCUT2D eigenvalue weighted by atomic mass is 10.1. The second-order valence-corrected chi connectivity index (χ2v) is 5.69. The molecule has 0 aromatic heterocycles. The highest BCUT2D eigenvalue weighted by Crippen LogP contribution is 2.24. The summed E-state index contributed by atoms with van der Waals surface area (Å²) < 4.78 is 0. The van der Waals surface area contributed by atoms with Crippen molar-refractivity contribution in [3.8, 4) is 0 Å². The maximum Gasteiger partial charge on any atom is 0.255 e. The Labute approximate surface area is 125 Å². The molecular formula is C15H21Cl2NO. The number of carbonyl (C=O) groups excluding carboxylic acids is 1. The first-order valence-corrected chi connectivity index (χ1v) is 7.45. The molecule has 19 heavy (non-hydrogen) atoms. The second-order valence-electron chi connectivity index (χ2n) is 4.85. The molecule has 0 unspecified atom stereocenters. The van der Waals surface area contributed by atoms with E-state index in [2.05, 4.69) is 27.7 Å². The summed E-state index contributed by atoms with van der Waals surface area (Å²) in [6.45, 7) is 8.27. The smallest absolute Gasteiger partial charge is 0.255 e. The zero-order valence-corrected chi connectivity index (χ0v) is 13.4. The molecule has 1 aromatic carbocycles. The van der Waals surface area contributed by atoms with Gasteiger partial charge in [0.05, 0.1) is 10.6 Å². The maximum atomic E-state index is 12.7. The van der Waals surface area contributed by atoms with Crippen molar-refractivity contribution in [2.75, 3.05) is 0 Å². The minimum atomic E-state index is -0.0452. The first-order chi connectivity index (χ1) is 8.92. The van der Waals surface area contributed by atoms with Crippen LogP contribution in [0.15, 0.2) is 18.2 Å². The number of carbonyl (C=O) groups is 1. The minimum Gasteiger partial charge on any atom is -0.333 e. The van der Waals surface area contributed by atoms with Gasteiger partial charge in [-0.3, -0.25) is 4.79 Å². The van der Waals surface area contributed by atoms with Crippen LogP contribution in [0.5, 0.6) is 0 Å². The van der Waals surface area contributed by atoms with Crippen LogP contribution in [-0.2, 0) is 0 Å². The lowest BCUT2D eigenvalue weighted by Gasteiger charge is -2.34. The summed E-state index contributed by atoms with van der Waals surface area (Å²) in [6, 6.07) is 5.36. The van der Waals surface area contributed by atoms with E-state index >= 15 is 0 Å². The van der Waals surface area contributed by atoms with Gasteiger partial charge in [-0.25, -0.2) is 0 Å². The van der Waals surface area contributed by atoms with E-state index in [1.54, 1.807) is 18.2 Å². The van der Waals surface area contributed by atoms with E-state index in [1.807, 2.05) is 4.90 Å². The van der Waals surface area contributed by atoms with Crippen LogP contribution in [0.2, 0.25) is 10.0 Å². The minimum absolute atomic E-state index is 0.0452. The molecule has 0 aliphatic carbocycles. The molecule has 1 rings (SSSR count). The number of rotatable bonds is 5. The van der Waals surface area contributed by atoms with E-state index in [-0.39, 0.29) is 18.0 Å². The molecule has 0 fully saturated rings. The second kappa shape index (κ2) is 7.16. The SMILES string of the molecule is CC[C@H](C)N(C(=O)c1cc(Cl)ccc1Cl)[C@@H](C)CC. The molecule has 106 valence electrons. The standard InChI is InChI=1S/C15H21Cl2NO/c1-5-10(3)18(11(4)6-2)15(19)13-9-12(16)7-8-14(13)17/h7-11H,5-6H2,1-4H3/t10-,11-/m0/s1. The third kappa shape index (κ3) is 3.87. The summed E-state index contributed by atoms with van der Waals surface area (Å²) >= 11 is 12.1. The highest BCUT2D eigenvalue weighted by molar-refractivity contribution is 6.35. The average molecular weight is 302 g/mol. The predicted octanol–water partition coefficient (Wildman–Crippen LogP) is 5.03. The van der Waals surface area contributed by atoms with Crippen LogP contribution in [0.1, 0.15) is 50.9 Å². The normalized spacial score (nSPS) is 14.0. The van der Waals surface area contributed by atoms with Crippen LogP contribution >= 0.6 is 23.2 Å². The van der Waals surface area contributed by atoms with Gasteiger partial charge in [0.25, 0.3) is 5.91 Å². The summed E-state index contributed by atoms with van der Waals surface area (Å²) in [6.07, 6.45) is 1.82. The van der Waals surface area contributed by atoms with Crippen molar-refractivity contribution in [1.82, 2.24) is 4.90 Å². The Balaban J connectivity index is 3.15. The largest absolute Gasteiger partial charge is 0.333 e. The Morgan fingerprint density at radius 3 is 2.16 bits per heavy atom. The van der Waals surface area contributed by atoms with Crippen LogP contribution < -0.4 is 0 Å². The van der Waals surface area contributed by atoms with Gasteiger partial charge in [-0.15, -0.1) is 0 Å². The van der Waals surface area contributed by atoms with Crippen molar-refractivity contribution < 1.29 is 4.79 Å². The monoisotopic (exact) mass is 301 g/mol. The predicted molar refractivity (Wildman–Crippen MR) is 82.1 cm³/mol. The van der Waals surface area contributed by atoms with Crippen LogP contribution in [0.25, 0.3) is 0 Å². The summed E-state index contributed by atoms with van der Waals surface area (Å²) in [7, 11) is 0. The Hall–Kier alpha value is -0.730. The van der Waals surface area contributed by atoms with Gasteiger partial charge in [0, 0.05) is 17.1 Å². The Bertz CT molecular complexity index is 438. The van der Waals surface area contributed by atoms with E-state index < -0.39 is 0 Å². The maximum absolute atomic E-state index is 12.7. The molecular weight excluding hydrogens is 281 g/mol. The van der Waals surface area contributed by atoms with E-state index in [4.69, 9.17) is 23.2 Å². The van der Waals surface area contributed by atoms with Gasteiger partial charge in [0.1, 0.15) is 0 Å². The van der Waals surface area contributed by atoms with Gasteiger partial charge >= 0.3 is 0 Å². The molecule has 0 spiro atoms. The number of amides is 1. The van der Waals surface area contributed by atoms with Gasteiger partial charge in [0.15, 0.2) is 0 Å². The topological polar surface area (TPSA) is 20.3 Å². The first-order valence-electron chi connectivity index (χ1n) is 6.70. The third-order valence-corrected chi connectivity index (χ3v) is 4.09. The van der Waals surface area contributed by atoms with Gasteiger partial charge in [0.2, 0.25) is 0 Å². The van der Waals surface area contributed by atoms with Crippen LogP contribution in [-0.4, -0.2) is 22.9 Å². The molecule has 1 aromatic rings. The first kappa shape index (κ1) is 16.3. The zero-order chi connectivity index (χ0) is 14.6. The summed E-state index contributed by atoms with van der Waals surface area (Å²) in [5.41, 5.74) is 0.481. The fourth-order valence-electron chi connectivity index (χ4n) is 2.03. The average Bonchev–Trinajstić information content (AvgIpc) is 2.40. The van der Waals surface area contributed by atoms with Crippen LogP contribution in [0.4, 0.5) is 0 Å². The highest BCUT2D eigenvalue weighted by Gasteiger charge is 2.26. The number of hydrogen-bond acceptors (Lipinski definition) is 1. The molecule has 2 atom stereocenters. The third-order valence-electron chi connectivity index (χ3n) is 3.52. The number of nitrogens with zero attached hydrogens (tertiary/aromatic N) is 1. The van der Waals surface area contributed by atoms with Crippen molar-refractivity contribution in [3.63, 3.8) is 0 Å². The van der Waals surface area contributed by atoms with Crippen molar-refractivity contribution in [1.29, 1.82) is 0 Å². The van der Waals surface area contributed by atoms with Crippen molar-refractivity contribution in [2.24, 2.45) is 0 Å². The quantitative estimate of drug-likeness (QED) is 0.746. The Morgan fingerprint density at radius 2 is 1.68 bits per heavy atom. The molecule has 0 saturated carbocycles. The van der Waals surface area contributed by atoms with Gasteiger partial charge in [-0.2, -0.15) is 0 Å². The molecule has 0 bridgehead atoms. The lowest BCUT2D eigenvalue weighted by Crippen LogP contribution is -2.44. The molecule has 0 saturated heterocycles. The van der Waals surface area contributed by atoms with Crippen molar-refractivity contribution in [2.45, 2.75) is 52.6 Å². The van der Waals surface area contributed by atoms with Crippen molar-refractivity contribution in [3.05, 3.63) is 33.8 Å². The van der Waals surface area contributed by atoms with Crippen molar-refractivity contribution >= 4 is 29.1 Å². The van der Waals surface area contributed by atoms with E-state index in [0.29, 0.717) is 15.6 Å². The van der Waals surface area contributed by atoms with Gasteiger partial charge in [-0.1, -0.05) is 37.0 Å². The van der Waals surface area contributed by atoms with Gasteiger partial charge in [-0.05, 0) is 44.9 Å². The van der Waals surface area contributed by atoms with E-state index in [0.717, 1.165) is 12.8 Å². The summed E-state index contributed by atoms with van der Waals surface area (Å²) in [5.74, 6) is -0.0452. The fourth-order valence-corrected chi connectivity index (χ4v) is 2.40. The fraction of sp³-hybridized carbons (Fsp3) is 0.533. The molecule has 0 heterocycles. The lowest BCUT2D eigenvalue weighted by molar-refractivity contribution is 0.0598. The molecule has 4 heteroatoms. The Morgan fingerprint density at radius 1 is 1.16 bits per heavy atom. The van der Waals surface area contributed by atoms with Gasteiger partial charge < -0.3 is 4.90 Å². The Kier molecular flexibility index (Phi) is 6.15. The number of hydrogen-bond donors (Lipinski definition) is 0. The molecule has 1 amide bonds. The van der Waals surface area contributed by atoms with E-state index in [1.165, 1.54) is 0 Å². The molecule has 0 aliphatic heterocycles. The summed E-state index contributed by atoms with van der Waals surface area (Å²) in [4.78, 5) is 14.6. The molecule has 0 aliphatic rings. The number of benzene rings is 1. The molecule has 0 N–H and O–H groups in total. The highest BCUT2D eigenvalue weighted by atomic mass is 35.5. The van der Waals surface area contributed by atoms with Crippen LogP contribution in [0.3, 0.4) is 0 Å². The van der Waals surface area contributed by atoms with E-state index in [9.17, 15) is 4.79 Å². The molecule has 2 nitrogen and oxygen atoms in total. The summed E-state index contributed by atoms with van der Waals surface area (Å²) in [5, 5.41) is 0.979. The number of halogens is 2.